The first-order chi connectivity index (χ1) is 26.0. The predicted octanol–water partition coefficient (Wildman–Crippen LogP) is 13.7. The molecule has 0 bridgehead atoms. The Morgan fingerprint density at radius 1 is 0.388 bits per heavy atom. The van der Waals surface area contributed by atoms with Crippen LogP contribution in [0.25, 0.3) is 98.8 Å². The first kappa shape index (κ1) is 23.8. The second-order valence-electron chi connectivity index (χ2n) is 12.5. The van der Waals surface area contributed by atoms with Crippen LogP contribution in [0, 0.1) is 0 Å². The summed E-state index contributed by atoms with van der Waals surface area (Å²) in [5.41, 5.74) is 10.2. The van der Waals surface area contributed by atoms with E-state index < -0.39 is 0 Å². The van der Waals surface area contributed by atoms with Crippen molar-refractivity contribution in [3.8, 4) is 44.5 Å². The molecule has 0 amide bonds. The SMILES string of the molecule is [2H]c1c([2H])c([2H])c2c(ccc3oc4c(-c5cccc(-c6c7ccccc7c(-c7cccc(-c8ccccc8)c7)c7ccccc67)c5)cccc4c32)c1[2H]. The zero-order valence-corrected chi connectivity index (χ0v) is 26.4. The molecule has 10 aromatic rings. The number of hydrogen-bond donors (Lipinski definition) is 0. The van der Waals surface area contributed by atoms with Gasteiger partial charge in [-0.05, 0) is 89.5 Å². The number of benzene rings is 9. The molecule has 228 valence electrons. The summed E-state index contributed by atoms with van der Waals surface area (Å²) in [4.78, 5) is 0. The molecule has 0 radical (unpaired) electrons. The molecule has 0 fully saturated rings. The van der Waals surface area contributed by atoms with E-state index in [1.807, 2.05) is 24.3 Å². The van der Waals surface area contributed by atoms with Crippen molar-refractivity contribution in [2.45, 2.75) is 0 Å². The Balaban J connectivity index is 1.19. The number of fused-ring (bicyclic) bond motifs is 7. The van der Waals surface area contributed by atoms with Crippen molar-refractivity contribution in [1.82, 2.24) is 0 Å². The van der Waals surface area contributed by atoms with Crippen molar-refractivity contribution in [2.75, 3.05) is 0 Å². The van der Waals surface area contributed by atoms with Crippen LogP contribution in [0.4, 0.5) is 0 Å². The largest absolute Gasteiger partial charge is 0.455 e. The van der Waals surface area contributed by atoms with E-state index in [2.05, 4.69) is 127 Å². The molecule has 0 saturated heterocycles. The molecule has 1 heteroatoms. The third-order valence-electron chi connectivity index (χ3n) is 9.76. The average Bonchev–Trinajstić information content (AvgIpc) is 3.60. The fourth-order valence-corrected chi connectivity index (χ4v) is 7.62. The van der Waals surface area contributed by atoms with Crippen LogP contribution in [0.5, 0.6) is 0 Å². The Bertz CT molecular complexity index is 3050. The van der Waals surface area contributed by atoms with Gasteiger partial charge in [0.2, 0.25) is 0 Å². The fraction of sp³-hybridized carbons (Fsp3) is 0. The Hall–Kier alpha value is -6.44. The average molecular weight is 627 g/mol. The molecule has 0 N–H and O–H groups in total. The molecule has 0 aliphatic rings. The summed E-state index contributed by atoms with van der Waals surface area (Å²) in [6.45, 7) is 0. The Morgan fingerprint density at radius 3 is 1.61 bits per heavy atom. The topological polar surface area (TPSA) is 13.1 Å². The minimum Gasteiger partial charge on any atom is -0.455 e. The first-order valence-corrected chi connectivity index (χ1v) is 16.5. The minimum absolute atomic E-state index is 0.0459. The molecule has 0 spiro atoms. The van der Waals surface area contributed by atoms with Gasteiger partial charge in [-0.2, -0.15) is 0 Å². The standard InChI is InChI=1S/C48H30O/c1-2-13-31(14-3-1)33-16-10-18-35(29-33)45-39-21-6-8-23-41(39)46(42-24-9-7-22-40(42)45)36-19-11-17-34(30-36)38-25-12-26-43-47-37-20-5-4-15-32(37)27-28-44(47)49-48(38)43/h1-30H/i4D,5D,15D,20D. The molecule has 10 rings (SSSR count). The summed E-state index contributed by atoms with van der Waals surface area (Å²) in [5.74, 6) is 0. The zero-order chi connectivity index (χ0) is 35.8. The van der Waals surface area contributed by atoms with Gasteiger partial charge in [-0.25, -0.2) is 0 Å². The van der Waals surface area contributed by atoms with Gasteiger partial charge in [-0.3, -0.25) is 0 Å². The van der Waals surface area contributed by atoms with Gasteiger partial charge in [0.25, 0.3) is 0 Å². The van der Waals surface area contributed by atoms with Crippen molar-refractivity contribution in [1.29, 1.82) is 0 Å². The lowest BCUT2D eigenvalue weighted by atomic mass is 9.85. The van der Waals surface area contributed by atoms with Crippen LogP contribution in [0.15, 0.2) is 186 Å². The fourth-order valence-electron chi connectivity index (χ4n) is 7.62. The van der Waals surface area contributed by atoms with E-state index in [1.54, 1.807) is 6.07 Å². The highest BCUT2D eigenvalue weighted by Crippen LogP contribution is 2.45. The van der Waals surface area contributed by atoms with E-state index in [0.717, 1.165) is 22.1 Å². The van der Waals surface area contributed by atoms with Gasteiger partial charge in [0, 0.05) is 16.3 Å². The highest BCUT2D eigenvalue weighted by molar-refractivity contribution is 6.23. The maximum Gasteiger partial charge on any atom is 0.143 e. The first-order valence-electron chi connectivity index (χ1n) is 18.5. The van der Waals surface area contributed by atoms with Gasteiger partial charge in [-0.1, -0.05) is 164 Å². The number of rotatable bonds is 4. The zero-order valence-electron chi connectivity index (χ0n) is 30.4. The maximum atomic E-state index is 8.78. The molecule has 1 nitrogen and oxygen atoms in total. The van der Waals surface area contributed by atoms with Crippen molar-refractivity contribution < 1.29 is 9.90 Å². The summed E-state index contributed by atoms with van der Waals surface area (Å²) in [7, 11) is 0. The van der Waals surface area contributed by atoms with E-state index in [-0.39, 0.29) is 24.2 Å². The van der Waals surface area contributed by atoms with Crippen molar-refractivity contribution in [2.24, 2.45) is 0 Å². The molecule has 1 aromatic heterocycles. The maximum absolute atomic E-state index is 8.78. The second kappa shape index (κ2) is 11.1. The lowest BCUT2D eigenvalue weighted by molar-refractivity contribution is 0.670. The van der Waals surface area contributed by atoms with Crippen molar-refractivity contribution >= 4 is 54.3 Å². The van der Waals surface area contributed by atoms with Crippen LogP contribution >= 0.6 is 0 Å². The summed E-state index contributed by atoms with van der Waals surface area (Å²) >= 11 is 0. The molecule has 0 saturated carbocycles. The third-order valence-corrected chi connectivity index (χ3v) is 9.76. The smallest absolute Gasteiger partial charge is 0.143 e. The predicted molar refractivity (Wildman–Crippen MR) is 208 cm³/mol. The summed E-state index contributed by atoms with van der Waals surface area (Å²) in [5, 5.41) is 7.19. The summed E-state index contributed by atoms with van der Waals surface area (Å²) < 4.78 is 40.5. The lowest BCUT2D eigenvalue weighted by Crippen LogP contribution is -1.91. The summed E-state index contributed by atoms with van der Waals surface area (Å²) in [6.07, 6.45) is 0. The molecular weight excluding hydrogens is 593 g/mol. The van der Waals surface area contributed by atoms with Gasteiger partial charge >= 0.3 is 0 Å². The lowest BCUT2D eigenvalue weighted by Gasteiger charge is -2.18. The van der Waals surface area contributed by atoms with Crippen LogP contribution in [-0.4, -0.2) is 0 Å². The molecule has 1 heterocycles. The molecular formula is C48H30O. The molecule has 0 aliphatic carbocycles. The van der Waals surface area contributed by atoms with Crippen LogP contribution in [0.1, 0.15) is 5.48 Å². The number of hydrogen-bond acceptors (Lipinski definition) is 1. The van der Waals surface area contributed by atoms with Crippen LogP contribution < -0.4 is 0 Å². The highest BCUT2D eigenvalue weighted by atomic mass is 16.3. The van der Waals surface area contributed by atoms with E-state index in [0.29, 0.717) is 27.3 Å². The number of furan rings is 1. The summed E-state index contributed by atoms with van der Waals surface area (Å²) in [6, 6.07) is 54.3. The van der Waals surface area contributed by atoms with E-state index in [1.165, 1.54) is 49.4 Å². The van der Waals surface area contributed by atoms with Gasteiger partial charge in [-0.15, -0.1) is 0 Å². The Labute approximate surface area is 289 Å². The Kier molecular flexibility index (Phi) is 5.38. The van der Waals surface area contributed by atoms with Crippen LogP contribution in [0.2, 0.25) is 0 Å². The third kappa shape index (κ3) is 4.40. The molecule has 49 heavy (non-hydrogen) atoms. The van der Waals surface area contributed by atoms with Gasteiger partial charge in [0.15, 0.2) is 0 Å². The normalized spacial score (nSPS) is 12.8. The molecule has 0 aliphatic heterocycles. The van der Waals surface area contributed by atoms with Crippen molar-refractivity contribution in [3.05, 3.63) is 182 Å². The number of para-hydroxylation sites is 1. The highest BCUT2D eigenvalue weighted by Gasteiger charge is 2.19. The molecule has 0 unspecified atom stereocenters. The molecule has 0 atom stereocenters. The van der Waals surface area contributed by atoms with Crippen LogP contribution in [-0.2, 0) is 0 Å². The quantitative estimate of drug-likeness (QED) is 0.177. The monoisotopic (exact) mass is 626 g/mol. The van der Waals surface area contributed by atoms with E-state index >= 15 is 0 Å². The minimum atomic E-state index is -0.248. The second-order valence-corrected chi connectivity index (χ2v) is 12.5. The molecule has 9 aromatic carbocycles. The van der Waals surface area contributed by atoms with Gasteiger partial charge < -0.3 is 4.42 Å². The van der Waals surface area contributed by atoms with Crippen molar-refractivity contribution in [3.63, 3.8) is 0 Å². The van der Waals surface area contributed by atoms with Gasteiger partial charge in [0.05, 0.1) is 5.48 Å². The van der Waals surface area contributed by atoms with E-state index in [9.17, 15) is 0 Å². The Morgan fingerprint density at radius 2 is 0.918 bits per heavy atom. The van der Waals surface area contributed by atoms with Gasteiger partial charge in [0.1, 0.15) is 11.2 Å². The van der Waals surface area contributed by atoms with E-state index in [4.69, 9.17) is 9.90 Å². The van der Waals surface area contributed by atoms with Crippen LogP contribution in [0.3, 0.4) is 0 Å².